The molecular formula is C16H15ClN2O2S2. The summed E-state index contributed by atoms with van der Waals surface area (Å²) < 4.78 is 0. The number of benzene rings is 2. The number of hydrogen-bond donors (Lipinski definition) is 2. The number of rotatable bonds is 7. The SMILES string of the molecule is NC(=O)CSc1ccccc1NC(=O)CSc1ccccc1Cl. The van der Waals surface area contributed by atoms with Gasteiger partial charge in [-0.1, -0.05) is 35.9 Å². The summed E-state index contributed by atoms with van der Waals surface area (Å²) in [5, 5.41) is 3.48. The van der Waals surface area contributed by atoms with E-state index in [1.54, 1.807) is 12.1 Å². The zero-order valence-corrected chi connectivity index (χ0v) is 14.5. The lowest BCUT2D eigenvalue weighted by Gasteiger charge is -2.10. The van der Waals surface area contributed by atoms with Crippen molar-refractivity contribution in [3.05, 3.63) is 53.6 Å². The number of hydrogen-bond acceptors (Lipinski definition) is 4. The van der Waals surface area contributed by atoms with Gasteiger partial charge in [0.25, 0.3) is 0 Å². The van der Waals surface area contributed by atoms with E-state index in [1.165, 1.54) is 23.5 Å². The van der Waals surface area contributed by atoms with Crippen LogP contribution < -0.4 is 11.1 Å². The molecule has 0 heterocycles. The number of halogens is 1. The van der Waals surface area contributed by atoms with Crippen LogP contribution in [-0.4, -0.2) is 23.3 Å². The van der Waals surface area contributed by atoms with Crippen molar-refractivity contribution >= 4 is 52.6 Å². The molecule has 2 aromatic carbocycles. The average Bonchev–Trinajstić information content (AvgIpc) is 2.53. The van der Waals surface area contributed by atoms with Crippen molar-refractivity contribution < 1.29 is 9.59 Å². The molecular weight excluding hydrogens is 352 g/mol. The first kappa shape index (κ1) is 17.7. The van der Waals surface area contributed by atoms with Gasteiger partial charge < -0.3 is 11.1 Å². The first-order chi connectivity index (χ1) is 11.1. The quantitative estimate of drug-likeness (QED) is 0.733. The zero-order valence-electron chi connectivity index (χ0n) is 12.1. The van der Waals surface area contributed by atoms with Crippen LogP contribution >= 0.6 is 35.1 Å². The lowest BCUT2D eigenvalue weighted by atomic mass is 10.3. The zero-order chi connectivity index (χ0) is 16.7. The van der Waals surface area contributed by atoms with Crippen LogP contribution in [0.3, 0.4) is 0 Å². The van der Waals surface area contributed by atoms with Crippen LogP contribution in [0.15, 0.2) is 58.3 Å². The molecule has 7 heteroatoms. The van der Waals surface area contributed by atoms with Crippen molar-refractivity contribution in [2.24, 2.45) is 5.73 Å². The Labute approximate surface area is 148 Å². The van der Waals surface area contributed by atoms with E-state index in [0.29, 0.717) is 10.7 Å². The third-order valence-electron chi connectivity index (χ3n) is 2.73. The molecule has 23 heavy (non-hydrogen) atoms. The molecule has 0 spiro atoms. The van der Waals surface area contributed by atoms with E-state index in [0.717, 1.165) is 9.79 Å². The fraction of sp³-hybridized carbons (Fsp3) is 0.125. The molecule has 120 valence electrons. The number of para-hydroxylation sites is 1. The molecule has 0 aromatic heterocycles. The second-order valence-electron chi connectivity index (χ2n) is 4.52. The first-order valence-electron chi connectivity index (χ1n) is 6.73. The molecule has 3 N–H and O–H groups in total. The predicted molar refractivity (Wildman–Crippen MR) is 97.2 cm³/mol. The van der Waals surface area contributed by atoms with E-state index in [9.17, 15) is 9.59 Å². The fourth-order valence-electron chi connectivity index (χ4n) is 1.74. The fourth-order valence-corrected chi connectivity index (χ4v) is 3.52. The number of carbonyl (C=O) groups is 2. The van der Waals surface area contributed by atoms with E-state index in [4.69, 9.17) is 17.3 Å². The van der Waals surface area contributed by atoms with E-state index in [1.807, 2.05) is 36.4 Å². The van der Waals surface area contributed by atoms with E-state index < -0.39 is 5.91 Å². The Bertz CT molecular complexity index is 710. The van der Waals surface area contributed by atoms with E-state index >= 15 is 0 Å². The summed E-state index contributed by atoms with van der Waals surface area (Å²) in [6.45, 7) is 0. The first-order valence-corrected chi connectivity index (χ1v) is 9.08. The molecule has 0 atom stereocenters. The van der Waals surface area contributed by atoms with Crippen LogP contribution in [0, 0.1) is 0 Å². The summed E-state index contributed by atoms with van der Waals surface area (Å²) in [5.41, 5.74) is 5.82. The highest BCUT2D eigenvalue weighted by atomic mass is 35.5. The van der Waals surface area contributed by atoms with Crippen molar-refractivity contribution in [1.82, 2.24) is 0 Å². The van der Waals surface area contributed by atoms with Crippen LogP contribution in [0.25, 0.3) is 0 Å². The van der Waals surface area contributed by atoms with Crippen molar-refractivity contribution in [1.29, 1.82) is 0 Å². The van der Waals surface area contributed by atoms with Crippen molar-refractivity contribution in [2.45, 2.75) is 9.79 Å². The number of carbonyl (C=O) groups excluding carboxylic acids is 2. The van der Waals surface area contributed by atoms with Crippen molar-refractivity contribution in [3.63, 3.8) is 0 Å². The number of nitrogens with one attached hydrogen (secondary N) is 1. The summed E-state index contributed by atoms with van der Waals surface area (Å²) in [6, 6.07) is 14.7. The Morgan fingerprint density at radius 2 is 1.57 bits per heavy atom. The van der Waals surface area contributed by atoms with Crippen molar-refractivity contribution in [2.75, 3.05) is 16.8 Å². The van der Waals surface area contributed by atoms with E-state index in [2.05, 4.69) is 5.32 Å². The van der Waals surface area contributed by atoms with Gasteiger partial charge in [-0.2, -0.15) is 0 Å². The summed E-state index contributed by atoms with van der Waals surface area (Å²) in [7, 11) is 0. The predicted octanol–water partition coefficient (Wildman–Crippen LogP) is 3.65. The molecule has 2 amide bonds. The second kappa shape index (κ2) is 8.86. The van der Waals surface area contributed by atoms with Gasteiger partial charge in [-0.15, -0.1) is 23.5 Å². The molecule has 0 fully saturated rings. The van der Waals surface area contributed by atoms with Gasteiger partial charge in [0.2, 0.25) is 11.8 Å². The largest absolute Gasteiger partial charge is 0.369 e. The lowest BCUT2D eigenvalue weighted by Crippen LogP contribution is -2.16. The molecule has 0 radical (unpaired) electrons. The van der Waals surface area contributed by atoms with Gasteiger partial charge in [-0.05, 0) is 24.3 Å². The third kappa shape index (κ3) is 5.82. The Balaban J connectivity index is 1.95. The highest BCUT2D eigenvalue weighted by Crippen LogP contribution is 2.29. The Kier molecular flexibility index (Phi) is 6.83. The Hall–Kier alpha value is -1.63. The maximum absolute atomic E-state index is 12.1. The lowest BCUT2D eigenvalue weighted by molar-refractivity contribution is -0.115. The Morgan fingerprint density at radius 1 is 0.957 bits per heavy atom. The van der Waals surface area contributed by atoms with Gasteiger partial charge in [-0.25, -0.2) is 0 Å². The molecule has 0 bridgehead atoms. The Morgan fingerprint density at radius 3 is 2.26 bits per heavy atom. The van der Waals surface area contributed by atoms with Crippen LogP contribution in [-0.2, 0) is 9.59 Å². The topological polar surface area (TPSA) is 72.2 Å². The second-order valence-corrected chi connectivity index (χ2v) is 6.96. The standard InChI is InChI=1S/C16H15ClN2O2S2/c17-11-5-1-3-7-13(11)23-10-16(21)19-12-6-2-4-8-14(12)22-9-15(18)20/h1-8H,9-10H2,(H2,18,20)(H,19,21). The van der Waals surface area contributed by atoms with Crippen LogP contribution in [0.4, 0.5) is 5.69 Å². The highest BCUT2D eigenvalue weighted by Gasteiger charge is 2.09. The number of primary amides is 1. The van der Waals surface area contributed by atoms with Gasteiger partial charge in [0.15, 0.2) is 0 Å². The minimum atomic E-state index is -0.398. The van der Waals surface area contributed by atoms with E-state index in [-0.39, 0.29) is 17.4 Å². The van der Waals surface area contributed by atoms with Gasteiger partial charge in [0.1, 0.15) is 0 Å². The van der Waals surface area contributed by atoms with Gasteiger partial charge in [0.05, 0.1) is 22.2 Å². The molecule has 2 rings (SSSR count). The normalized spacial score (nSPS) is 10.3. The molecule has 0 saturated carbocycles. The molecule has 4 nitrogen and oxygen atoms in total. The summed E-state index contributed by atoms with van der Waals surface area (Å²) in [6.07, 6.45) is 0. The number of thioether (sulfide) groups is 2. The van der Waals surface area contributed by atoms with Gasteiger partial charge in [-0.3, -0.25) is 9.59 Å². The maximum Gasteiger partial charge on any atom is 0.234 e. The number of amides is 2. The summed E-state index contributed by atoms with van der Waals surface area (Å²) in [4.78, 5) is 24.7. The van der Waals surface area contributed by atoms with Gasteiger partial charge >= 0.3 is 0 Å². The molecule has 0 unspecified atom stereocenters. The summed E-state index contributed by atoms with van der Waals surface area (Å²) in [5.74, 6) is -0.118. The van der Waals surface area contributed by atoms with Gasteiger partial charge in [0, 0.05) is 9.79 Å². The molecule has 2 aromatic rings. The third-order valence-corrected chi connectivity index (χ3v) is 5.34. The van der Waals surface area contributed by atoms with Crippen LogP contribution in [0.5, 0.6) is 0 Å². The molecule has 0 aliphatic carbocycles. The number of nitrogens with two attached hydrogens (primary N) is 1. The summed E-state index contributed by atoms with van der Waals surface area (Å²) >= 11 is 8.73. The molecule has 0 aliphatic rings. The smallest absolute Gasteiger partial charge is 0.234 e. The minimum Gasteiger partial charge on any atom is -0.369 e. The highest BCUT2D eigenvalue weighted by molar-refractivity contribution is 8.00. The number of anilines is 1. The van der Waals surface area contributed by atoms with Crippen LogP contribution in [0.1, 0.15) is 0 Å². The minimum absolute atomic E-state index is 0.137. The van der Waals surface area contributed by atoms with Crippen molar-refractivity contribution in [3.8, 4) is 0 Å². The molecule has 0 aliphatic heterocycles. The maximum atomic E-state index is 12.1. The van der Waals surface area contributed by atoms with Crippen LogP contribution in [0.2, 0.25) is 5.02 Å². The monoisotopic (exact) mass is 366 g/mol. The molecule has 0 saturated heterocycles. The average molecular weight is 367 g/mol.